The summed E-state index contributed by atoms with van der Waals surface area (Å²) < 4.78 is 8.90. The predicted molar refractivity (Wildman–Crippen MR) is 219 cm³/mol. The molecule has 0 radical (unpaired) electrons. The van der Waals surface area contributed by atoms with Crippen molar-refractivity contribution in [2.75, 3.05) is 16.5 Å². The number of hydrogen-bond donors (Lipinski definition) is 0. The van der Waals surface area contributed by atoms with Crippen molar-refractivity contribution in [3.05, 3.63) is 164 Å². The molecule has 9 aromatic rings. The van der Waals surface area contributed by atoms with Crippen molar-refractivity contribution in [2.45, 2.75) is 26.2 Å². The summed E-state index contributed by atoms with van der Waals surface area (Å²) in [6.45, 7) is 7.32. The van der Waals surface area contributed by atoms with Crippen LogP contribution in [0.15, 0.2) is 158 Å². The first-order valence-electron chi connectivity index (χ1n) is 18.1. The van der Waals surface area contributed by atoms with E-state index in [1.165, 1.54) is 32.5 Å². The fourth-order valence-electron chi connectivity index (χ4n) is 7.79. The molecule has 0 N–H and O–H groups in total. The van der Waals surface area contributed by atoms with Crippen molar-refractivity contribution >= 4 is 66.2 Å². The first-order valence-corrected chi connectivity index (χ1v) is 18.1. The number of aromatic nitrogens is 3. The highest BCUT2D eigenvalue weighted by atomic mass is 16.5. The summed E-state index contributed by atoms with van der Waals surface area (Å²) in [5.41, 5.74) is 6.62. The minimum atomic E-state index is 0.00249. The van der Waals surface area contributed by atoms with Gasteiger partial charge in [-0.15, -0.1) is 0 Å². The van der Waals surface area contributed by atoms with Gasteiger partial charge >= 0.3 is 0 Å². The van der Waals surface area contributed by atoms with Crippen molar-refractivity contribution in [3.63, 3.8) is 0 Å². The van der Waals surface area contributed by atoms with Gasteiger partial charge in [-0.2, -0.15) is 0 Å². The molecular formula is C47H37N5O. The Kier molecular flexibility index (Phi) is 7.02. The molecule has 0 bridgehead atoms. The maximum Gasteiger partial charge on any atom is 0.158 e. The van der Waals surface area contributed by atoms with Gasteiger partial charge in [-0.05, 0) is 99.3 Å². The minimum Gasteiger partial charge on any atom is -0.457 e. The van der Waals surface area contributed by atoms with Crippen molar-refractivity contribution < 1.29 is 4.74 Å². The number of benzene rings is 6. The smallest absolute Gasteiger partial charge is 0.158 e. The van der Waals surface area contributed by atoms with Gasteiger partial charge in [0, 0.05) is 46.7 Å². The molecule has 6 heteroatoms. The number of para-hydroxylation sites is 1. The van der Waals surface area contributed by atoms with Gasteiger partial charge in [0.15, 0.2) is 5.82 Å². The molecule has 3 aromatic heterocycles. The molecule has 10 rings (SSSR count). The maximum atomic E-state index is 6.65. The van der Waals surface area contributed by atoms with E-state index in [0.717, 1.165) is 56.6 Å². The van der Waals surface area contributed by atoms with Crippen LogP contribution in [0, 0.1) is 0 Å². The van der Waals surface area contributed by atoms with Gasteiger partial charge in [0.25, 0.3) is 0 Å². The Morgan fingerprint density at radius 3 is 2.17 bits per heavy atom. The van der Waals surface area contributed by atoms with E-state index >= 15 is 0 Å². The van der Waals surface area contributed by atoms with Crippen LogP contribution < -0.4 is 14.5 Å². The van der Waals surface area contributed by atoms with Crippen molar-refractivity contribution in [1.29, 1.82) is 0 Å². The molecule has 53 heavy (non-hydrogen) atoms. The highest BCUT2D eigenvalue weighted by Gasteiger charge is 2.29. The van der Waals surface area contributed by atoms with Crippen molar-refractivity contribution in [2.24, 2.45) is 0 Å². The van der Waals surface area contributed by atoms with E-state index in [4.69, 9.17) is 14.7 Å². The molecule has 0 atom stereocenters. The molecule has 0 saturated carbocycles. The maximum absolute atomic E-state index is 6.65. The predicted octanol–water partition coefficient (Wildman–Crippen LogP) is 12.2. The molecule has 0 aliphatic carbocycles. The molecule has 6 aromatic carbocycles. The number of rotatable bonds is 5. The average molecular weight is 688 g/mol. The molecule has 256 valence electrons. The Labute approximate surface area is 308 Å². The van der Waals surface area contributed by atoms with E-state index in [9.17, 15) is 0 Å². The molecule has 0 fully saturated rings. The fraction of sp³-hybridized carbons (Fsp3) is 0.106. The number of hydrogen-bond acceptors (Lipinski definition) is 5. The lowest BCUT2D eigenvalue weighted by Gasteiger charge is -2.22. The van der Waals surface area contributed by atoms with Crippen LogP contribution in [0.4, 0.5) is 22.9 Å². The standard InChI is InChI=1S/C47H37N5O/c1-47(2,3)33-23-25-48-45(26-33)52-42-15-7-6-14-39(42)40-22-21-37(29-44(40)52)53-36-12-8-11-34(27-36)51-30-50(43-16-9-24-49-46(43)51)35-20-19-32-18-17-31-10-4-5-13-38(31)41(32)28-35/h4-29H,30H2,1-3H3. The van der Waals surface area contributed by atoms with Crippen LogP contribution in [-0.4, -0.2) is 21.2 Å². The highest BCUT2D eigenvalue weighted by Crippen LogP contribution is 2.44. The zero-order valence-electron chi connectivity index (χ0n) is 29.9. The third kappa shape index (κ3) is 5.25. The molecule has 4 heterocycles. The van der Waals surface area contributed by atoms with E-state index in [1.807, 2.05) is 24.5 Å². The molecule has 1 aliphatic heterocycles. The lowest BCUT2D eigenvalue weighted by atomic mass is 9.88. The van der Waals surface area contributed by atoms with E-state index in [0.29, 0.717) is 6.67 Å². The quantitative estimate of drug-likeness (QED) is 0.169. The number of ether oxygens (including phenoxy) is 1. The first kappa shape index (κ1) is 31.1. The summed E-state index contributed by atoms with van der Waals surface area (Å²) in [6.07, 6.45) is 3.78. The second-order valence-electron chi connectivity index (χ2n) is 14.8. The topological polar surface area (TPSA) is 46.4 Å². The molecule has 0 amide bonds. The van der Waals surface area contributed by atoms with Crippen LogP contribution in [0.5, 0.6) is 11.5 Å². The Morgan fingerprint density at radius 2 is 1.28 bits per heavy atom. The molecular weight excluding hydrogens is 651 g/mol. The van der Waals surface area contributed by atoms with Crippen LogP contribution in [0.1, 0.15) is 26.3 Å². The molecule has 0 spiro atoms. The Balaban J connectivity index is 1.00. The van der Waals surface area contributed by atoms with Gasteiger partial charge in [0.05, 0.1) is 16.7 Å². The van der Waals surface area contributed by atoms with E-state index in [2.05, 4.69) is 169 Å². The lowest BCUT2D eigenvalue weighted by molar-refractivity contribution is 0.483. The highest BCUT2D eigenvalue weighted by molar-refractivity contribution is 6.10. The number of nitrogens with zero attached hydrogens (tertiary/aromatic N) is 5. The molecule has 0 saturated heterocycles. The molecule has 6 nitrogen and oxygen atoms in total. The van der Waals surface area contributed by atoms with Crippen LogP contribution >= 0.6 is 0 Å². The lowest BCUT2D eigenvalue weighted by Crippen LogP contribution is -2.24. The monoisotopic (exact) mass is 687 g/mol. The number of anilines is 4. The fourth-order valence-corrected chi connectivity index (χ4v) is 7.79. The summed E-state index contributed by atoms with van der Waals surface area (Å²) in [5.74, 6) is 3.33. The van der Waals surface area contributed by atoms with Gasteiger partial charge in [-0.1, -0.05) is 87.5 Å². The van der Waals surface area contributed by atoms with Crippen LogP contribution in [0.2, 0.25) is 0 Å². The third-order valence-corrected chi connectivity index (χ3v) is 10.5. The van der Waals surface area contributed by atoms with Gasteiger partial charge in [0.2, 0.25) is 0 Å². The average Bonchev–Trinajstić information content (AvgIpc) is 3.74. The largest absolute Gasteiger partial charge is 0.457 e. The summed E-state index contributed by atoms with van der Waals surface area (Å²) in [5, 5.41) is 7.31. The SMILES string of the molecule is CC(C)(C)c1ccnc(-n2c3ccccc3c3ccc(Oc4cccc(N5CN(c6ccc7ccc8ccccc8c7c6)c6cccnc65)c4)cc32)c1. The van der Waals surface area contributed by atoms with Gasteiger partial charge in [0.1, 0.15) is 24.0 Å². The van der Waals surface area contributed by atoms with Crippen LogP contribution in [-0.2, 0) is 5.41 Å². The minimum absolute atomic E-state index is 0.00249. The first-order chi connectivity index (χ1) is 25.9. The van der Waals surface area contributed by atoms with Crippen LogP contribution in [0.25, 0.3) is 49.2 Å². The Bertz CT molecular complexity index is 2870. The van der Waals surface area contributed by atoms with Gasteiger partial charge in [-0.3, -0.25) is 4.57 Å². The molecule has 1 aliphatic rings. The zero-order valence-corrected chi connectivity index (χ0v) is 29.9. The van der Waals surface area contributed by atoms with Crippen LogP contribution in [0.3, 0.4) is 0 Å². The van der Waals surface area contributed by atoms with Crippen molar-refractivity contribution in [3.8, 4) is 17.3 Å². The zero-order chi connectivity index (χ0) is 35.7. The number of pyridine rings is 2. The molecule has 0 unspecified atom stereocenters. The second kappa shape index (κ2) is 12.0. The summed E-state index contributed by atoms with van der Waals surface area (Å²) in [6, 6.07) is 51.4. The second-order valence-corrected chi connectivity index (χ2v) is 14.8. The Hall–Kier alpha value is -6.66. The summed E-state index contributed by atoms with van der Waals surface area (Å²) in [7, 11) is 0. The van der Waals surface area contributed by atoms with Crippen molar-refractivity contribution in [1.82, 2.24) is 14.5 Å². The van der Waals surface area contributed by atoms with Gasteiger partial charge in [-0.25, -0.2) is 9.97 Å². The summed E-state index contributed by atoms with van der Waals surface area (Å²) in [4.78, 5) is 14.3. The number of fused-ring (bicyclic) bond motifs is 7. The third-order valence-electron chi connectivity index (χ3n) is 10.5. The normalized spacial score (nSPS) is 13.0. The van der Waals surface area contributed by atoms with E-state index in [1.54, 1.807) is 0 Å². The Morgan fingerprint density at radius 1 is 0.528 bits per heavy atom. The van der Waals surface area contributed by atoms with E-state index in [-0.39, 0.29) is 5.41 Å². The van der Waals surface area contributed by atoms with Gasteiger partial charge < -0.3 is 14.5 Å². The van der Waals surface area contributed by atoms with E-state index < -0.39 is 0 Å². The summed E-state index contributed by atoms with van der Waals surface area (Å²) >= 11 is 0.